The van der Waals surface area contributed by atoms with E-state index in [-0.39, 0.29) is 24.7 Å². The van der Waals surface area contributed by atoms with Crippen molar-refractivity contribution in [1.29, 1.82) is 0 Å². The molecule has 1 aliphatic rings. The van der Waals surface area contributed by atoms with Crippen LogP contribution in [0.2, 0.25) is 0 Å². The van der Waals surface area contributed by atoms with Gasteiger partial charge in [-0.2, -0.15) is 0 Å². The normalized spacial score (nSPS) is 29.3. The average Bonchev–Trinajstić information content (AvgIpc) is 1.98. The molecule has 11 heavy (non-hydrogen) atoms. The summed E-state index contributed by atoms with van der Waals surface area (Å²) >= 11 is 0. The molecule has 0 unspecified atom stereocenters. The van der Waals surface area contributed by atoms with Crippen LogP contribution in [0, 0.1) is 0 Å². The van der Waals surface area contributed by atoms with Crippen LogP contribution in [-0.2, 0) is 9.53 Å². The molecule has 4 heteroatoms. The maximum atomic E-state index is 10.8. The molecule has 0 aromatic heterocycles. The quantitative estimate of drug-likeness (QED) is 0.571. The maximum absolute atomic E-state index is 10.8. The van der Waals surface area contributed by atoms with E-state index in [0.717, 1.165) is 12.8 Å². The minimum absolute atomic E-state index is 0.0438. The van der Waals surface area contributed by atoms with Gasteiger partial charge in [0.1, 0.15) is 6.61 Å². The summed E-state index contributed by atoms with van der Waals surface area (Å²) in [5, 5.41) is 11.7. The van der Waals surface area contributed by atoms with Gasteiger partial charge < -0.3 is 15.2 Å². The lowest BCUT2D eigenvalue weighted by molar-refractivity contribution is -0.127. The Morgan fingerprint density at radius 3 is 2.82 bits per heavy atom. The number of hydrogen-bond acceptors (Lipinski definition) is 3. The standard InChI is InChI=1S/C7H13NO3/c1-11-4-7(10)8-5-2-3-6(5)9/h5-6,9H,2-4H2,1H3,(H,8,10)/t5-,6-/m1/s1. The Morgan fingerprint density at radius 2 is 2.45 bits per heavy atom. The van der Waals surface area contributed by atoms with Gasteiger partial charge in [0.25, 0.3) is 0 Å². The number of nitrogens with one attached hydrogen (secondary N) is 1. The summed E-state index contributed by atoms with van der Waals surface area (Å²) in [5.41, 5.74) is 0. The molecule has 1 rings (SSSR count). The summed E-state index contributed by atoms with van der Waals surface area (Å²) in [6.07, 6.45) is 1.31. The highest BCUT2D eigenvalue weighted by molar-refractivity contribution is 5.77. The molecular weight excluding hydrogens is 146 g/mol. The largest absolute Gasteiger partial charge is 0.391 e. The number of ether oxygens (including phenoxy) is 1. The van der Waals surface area contributed by atoms with Gasteiger partial charge in [0.2, 0.25) is 5.91 Å². The van der Waals surface area contributed by atoms with Crippen molar-refractivity contribution in [2.24, 2.45) is 0 Å². The van der Waals surface area contributed by atoms with Gasteiger partial charge >= 0.3 is 0 Å². The summed E-state index contributed by atoms with van der Waals surface area (Å²) in [6, 6.07) is -0.0438. The van der Waals surface area contributed by atoms with Crippen molar-refractivity contribution in [2.75, 3.05) is 13.7 Å². The molecule has 0 saturated heterocycles. The lowest BCUT2D eigenvalue weighted by Gasteiger charge is -2.32. The monoisotopic (exact) mass is 159 g/mol. The molecule has 4 nitrogen and oxygen atoms in total. The summed E-state index contributed by atoms with van der Waals surface area (Å²) < 4.78 is 4.61. The van der Waals surface area contributed by atoms with Crippen molar-refractivity contribution in [3.63, 3.8) is 0 Å². The number of carbonyl (C=O) groups excluding carboxylic acids is 1. The average molecular weight is 159 g/mol. The second kappa shape index (κ2) is 3.69. The first-order valence-corrected chi connectivity index (χ1v) is 3.70. The first-order chi connectivity index (χ1) is 5.24. The molecule has 1 fully saturated rings. The fourth-order valence-corrected chi connectivity index (χ4v) is 1.03. The van der Waals surface area contributed by atoms with Gasteiger partial charge in [-0.05, 0) is 12.8 Å². The minimum Gasteiger partial charge on any atom is -0.391 e. The Kier molecular flexibility index (Phi) is 2.84. The third kappa shape index (κ3) is 2.17. The lowest BCUT2D eigenvalue weighted by atomic mass is 9.89. The van der Waals surface area contributed by atoms with Gasteiger partial charge in [0.15, 0.2) is 0 Å². The Morgan fingerprint density at radius 1 is 1.73 bits per heavy atom. The van der Waals surface area contributed by atoms with Gasteiger partial charge in [-0.1, -0.05) is 0 Å². The Hall–Kier alpha value is -0.610. The minimum atomic E-state index is -0.351. The van der Waals surface area contributed by atoms with Crippen LogP contribution in [0.3, 0.4) is 0 Å². The number of aliphatic hydroxyl groups is 1. The first kappa shape index (κ1) is 8.49. The molecule has 2 N–H and O–H groups in total. The predicted molar refractivity (Wildman–Crippen MR) is 39.0 cm³/mol. The molecule has 0 heterocycles. The second-order valence-corrected chi connectivity index (χ2v) is 2.75. The lowest BCUT2D eigenvalue weighted by Crippen LogP contribution is -2.51. The number of rotatable bonds is 3. The Balaban J connectivity index is 2.14. The number of methoxy groups -OCH3 is 1. The molecule has 1 saturated carbocycles. The maximum Gasteiger partial charge on any atom is 0.246 e. The van der Waals surface area contributed by atoms with Crippen molar-refractivity contribution in [2.45, 2.75) is 25.0 Å². The van der Waals surface area contributed by atoms with E-state index in [9.17, 15) is 4.79 Å². The van der Waals surface area contributed by atoms with Crippen molar-refractivity contribution < 1.29 is 14.6 Å². The van der Waals surface area contributed by atoms with Crippen LogP contribution in [0.15, 0.2) is 0 Å². The SMILES string of the molecule is COCC(=O)N[C@@H]1CC[C@H]1O. The smallest absolute Gasteiger partial charge is 0.246 e. The van der Waals surface area contributed by atoms with E-state index in [1.54, 1.807) is 0 Å². The molecule has 0 aromatic rings. The molecule has 1 amide bonds. The third-order valence-corrected chi connectivity index (χ3v) is 1.86. The number of aliphatic hydroxyl groups excluding tert-OH is 1. The van der Waals surface area contributed by atoms with E-state index in [2.05, 4.69) is 10.1 Å². The van der Waals surface area contributed by atoms with Gasteiger partial charge in [-0.25, -0.2) is 0 Å². The third-order valence-electron chi connectivity index (χ3n) is 1.86. The zero-order chi connectivity index (χ0) is 8.27. The van der Waals surface area contributed by atoms with E-state index in [1.165, 1.54) is 7.11 Å². The summed E-state index contributed by atoms with van der Waals surface area (Å²) in [6.45, 7) is 0.0726. The van der Waals surface area contributed by atoms with Gasteiger partial charge in [0, 0.05) is 7.11 Å². The van der Waals surface area contributed by atoms with Gasteiger partial charge in [0.05, 0.1) is 12.1 Å². The van der Waals surface area contributed by atoms with E-state index in [1.807, 2.05) is 0 Å². The fraction of sp³-hybridized carbons (Fsp3) is 0.857. The predicted octanol–water partition coefficient (Wildman–Crippen LogP) is -0.728. The highest BCUT2D eigenvalue weighted by atomic mass is 16.5. The molecule has 2 atom stereocenters. The second-order valence-electron chi connectivity index (χ2n) is 2.75. The van der Waals surface area contributed by atoms with Crippen molar-refractivity contribution in [3.8, 4) is 0 Å². The molecule has 0 bridgehead atoms. The molecule has 64 valence electrons. The molecular formula is C7H13NO3. The zero-order valence-corrected chi connectivity index (χ0v) is 6.54. The van der Waals surface area contributed by atoms with E-state index in [0.29, 0.717) is 0 Å². The number of hydrogen-bond donors (Lipinski definition) is 2. The van der Waals surface area contributed by atoms with E-state index >= 15 is 0 Å². The van der Waals surface area contributed by atoms with Crippen molar-refractivity contribution >= 4 is 5.91 Å². The fourth-order valence-electron chi connectivity index (χ4n) is 1.03. The summed E-state index contributed by atoms with van der Waals surface area (Å²) in [5.74, 6) is -0.156. The van der Waals surface area contributed by atoms with Crippen LogP contribution in [0.4, 0.5) is 0 Å². The van der Waals surface area contributed by atoms with Crippen LogP contribution in [0.5, 0.6) is 0 Å². The van der Waals surface area contributed by atoms with E-state index in [4.69, 9.17) is 5.11 Å². The van der Waals surface area contributed by atoms with Crippen molar-refractivity contribution in [3.05, 3.63) is 0 Å². The zero-order valence-electron chi connectivity index (χ0n) is 6.54. The topological polar surface area (TPSA) is 58.6 Å². The first-order valence-electron chi connectivity index (χ1n) is 3.70. The summed E-state index contributed by atoms with van der Waals surface area (Å²) in [4.78, 5) is 10.8. The highest BCUT2D eigenvalue weighted by Gasteiger charge is 2.29. The molecule has 0 aliphatic heterocycles. The van der Waals surface area contributed by atoms with Gasteiger partial charge in [-0.3, -0.25) is 4.79 Å². The molecule has 1 aliphatic carbocycles. The van der Waals surface area contributed by atoms with Crippen LogP contribution in [-0.4, -0.2) is 36.9 Å². The van der Waals surface area contributed by atoms with Crippen LogP contribution in [0.1, 0.15) is 12.8 Å². The number of carbonyl (C=O) groups is 1. The highest BCUT2D eigenvalue weighted by Crippen LogP contribution is 2.18. The van der Waals surface area contributed by atoms with Crippen LogP contribution < -0.4 is 5.32 Å². The molecule has 0 aromatic carbocycles. The van der Waals surface area contributed by atoms with Crippen molar-refractivity contribution in [1.82, 2.24) is 5.32 Å². The summed E-state index contributed by atoms with van der Waals surface area (Å²) in [7, 11) is 1.47. The van der Waals surface area contributed by atoms with E-state index < -0.39 is 0 Å². The van der Waals surface area contributed by atoms with Gasteiger partial charge in [-0.15, -0.1) is 0 Å². The Bertz CT molecular complexity index is 149. The molecule has 0 spiro atoms. The van der Waals surface area contributed by atoms with Crippen LogP contribution >= 0.6 is 0 Å². The Labute approximate surface area is 65.5 Å². The van der Waals surface area contributed by atoms with Crippen LogP contribution in [0.25, 0.3) is 0 Å². The molecule has 0 radical (unpaired) electrons. The number of amides is 1.